The molecule has 5 nitrogen and oxygen atoms in total. The summed E-state index contributed by atoms with van der Waals surface area (Å²) in [6.07, 6.45) is 1.88. The average Bonchev–Trinajstić information content (AvgIpc) is 2.78. The zero-order valence-corrected chi connectivity index (χ0v) is 19.4. The van der Waals surface area contributed by atoms with Gasteiger partial charge in [0.25, 0.3) is 0 Å². The Morgan fingerprint density at radius 3 is 2.74 bits per heavy atom. The molecule has 0 aliphatic carbocycles. The van der Waals surface area contributed by atoms with E-state index >= 15 is 4.39 Å². The molecule has 2 aromatic carbocycles. The van der Waals surface area contributed by atoms with Crippen LogP contribution in [0, 0.1) is 11.8 Å². The van der Waals surface area contributed by atoms with Gasteiger partial charge < -0.3 is 15.2 Å². The summed E-state index contributed by atoms with van der Waals surface area (Å²) in [5, 5.41) is 0.347. The molecular weight excluding hydrogens is 463 g/mol. The molecule has 0 saturated carbocycles. The Morgan fingerprint density at radius 1 is 1.18 bits per heavy atom. The molecule has 0 saturated heterocycles. The number of pyridine rings is 1. The Hall–Kier alpha value is -3.20. The Kier molecular flexibility index (Phi) is 5.47. The highest BCUT2D eigenvalue weighted by atomic mass is 32.2. The maximum absolute atomic E-state index is 15.2. The highest BCUT2D eigenvalue weighted by molar-refractivity contribution is 8.13. The van der Waals surface area contributed by atoms with E-state index in [2.05, 4.69) is 4.98 Å². The Bertz CT molecular complexity index is 1310. The predicted octanol–water partition coefficient (Wildman–Crippen LogP) is 5.95. The van der Waals surface area contributed by atoms with E-state index in [1.54, 1.807) is 36.4 Å². The predicted molar refractivity (Wildman–Crippen MR) is 126 cm³/mol. The fourth-order valence-corrected chi connectivity index (χ4v) is 5.08. The third-order valence-corrected chi connectivity index (χ3v) is 6.56. The van der Waals surface area contributed by atoms with Crippen LogP contribution in [0.3, 0.4) is 0 Å². The maximum Gasteiger partial charge on any atom is 0.220 e. The van der Waals surface area contributed by atoms with Crippen LogP contribution in [-0.2, 0) is 5.54 Å². The van der Waals surface area contributed by atoms with Crippen molar-refractivity contribution in [2.45, 2.75) is 31.5 Å². The van der Waals surface area contributed by atoms with Gasteiger partial charge in [0.2, 0.25) is 5.95 Å². The lowest BCUT2D eigenvalue weighted by molar-refractivity contribution is 0.120. The summed E-state index contributed by atoms with van der Waals surface area (Å²) in [6.45, 7) is 2.51. The van der Waals surface area contributed by atoms with E-state index in [-0.39, 0.29) is 18.1 Å². The molecule has 5 rings (SSSR count). The third-order valence-electron chi connectivity index (χ3n) is 5.77. The van der Waals surface area contributed by atoms with Crippen molar-refractivity contribution in [2.24, 2.45) is 10.7 Å². The topological polar surface area (TPSA) is 69.7 Å². The first kappa shape index (κ1) is 22.6. The largest absolute Gasteiger partial charge is 0.490 e. The van der Waals surface area contributed by atoms with Crippen LogP contribution >= 0.6 is 11.8 Å². The highest BCUT2D eigenvalue weighted by Crippen LogP contribution is 2.55. The SMILES string of the molecule is CC(C)(F)COc1cc(F)c2c(c1)C1(CCSC(N)=N1)c1cc(-c3cccnc3F)ccc1O2. The number of ether oxygens (including phenoxy) is 2. The zero-order chi connectivity index (χ0) is 24.1. The van der Waals surface area contributed by atoms with Gasteiger partial charge in [-0.3, -0.25) is 0 Å². The molecule has 3 heterocycles. The van der Waals surface area contributed by atoms with Crippen LogP contribution in [-0.4, -0.2) is 28.2 Å². The van der Waals surface area contributed by atoms with E-state index < -0.39 is 23.0 Å². The third kappa shape index (κ3) is 3.98. The molecule has 1 aromatic heterocycles. The van der Waals surface area contributed by atoms with Crippen LogP contribution < -0.4 is 15.2 Å². The molecule has 34 heavy (non-hydrogen) atoms. The quantitative estimate of drug-likeness (QED) is 0.462. The summed E-state index contributed by atoms with van der Waals surface area (Å²) < 4.78 is 55.2. The number of hydrogen-bond donors (Lipinski definition) is 1. The smallest absolute Gasteiger partial charge is 0.220 e. The number of aliphatic imine (C=N–C) groups is 1. The van der Waals surface area contributed by atoms with Crippen molar-refractivity contribution in [1.29, 1.82) is 0 Å². The van der Waals surface area contributed by atoms with Crippen LogP contribution in [0.5, 0.6) is 17.2 Å². The van der Waals surface area contributed by atoms with Gasteiger partial charge in [-0.15, -0.1) is 0 Å². The van der Waals surface area contributed by atoms with Crippen molar-refractivity contribution in [3.05, 3.63) is 71.6 Å². The van der Waals surface area contributed by atoms with E-state index in [9.17, 15) is 8.78 Å². The summed E-state index contributed by atoms with van der Waals surface area (Å²) in [4.78, 5) is 8.51. The normalized spacial score (nSPS) is 19.1. The van der Waals surface area contributed by atoms with Gasteiger partial charge in [0.05, 0.1) is 0 Å². The highest BCUT2D eigenvalue weighted by Gasteiger charge is 2.45. The molecule has 0 radical (unpaired) electrons. The molecule has 2 aliphatic rings. The first-order valence-electron chi connectivity index (χ1n) is 10.7. The maximum atomic E-state index is 15.2. The molecule has 2 N–H and O–H groups in total. The van der Waals surface area contributed by atoms with Gasteiger partial charge in [0.15, 0.2) is 16.7 Å². The molecule has 176 valence electrons. The summed E-state index contributed by atoms with van der Waals surface area (Å²) in [5.74, 6) is -0.0430. The van der Waals surface area contributed by atoms with Crippen molar-refractivity contribution < 1.29 is 22.6 Å². The van der Waals surface area contributed by atoms with Crippen molar-refractivity contribution in [3.63, 3.8) is 0 Å². The standard InChI is InChI=1S/C25H22F3N3O2S/c1-24(2,28)13-32-15-11-18-21(19(26)12-15)33-20-6-5-14(16-4-3-8-30-22(16)27)10-17(20)25(18)7-9-34-23(29)31-25/h3-6,8,10-12H,7,9,13H2,1-2H3,(H2,29,31). The van der Waals surface area contributed by atoms with Gasteiger partial charge in [-0.1, -0.05) is 17.8 Å². The molecule has 1 spiro atoms. The number of aromatic nitrogens is 1. The van der Waals surface area contributed by atoms with Gasteiger partial charge in [-0.2, -0.15) is 4.39 Å². The Labute approximate surface area is 199 Å². The minimum Gasteiger partial charge on any atom is -0.490 e. The summed E-state index contributed by atoms with van der Waals surface area (Å²) in [7, 11) is 0. The molecule has 0 fully saturated rings. The number of alkyl halides is 1. The number of fused-ring (bicyclic) bond motifs is 4. The fourth-order valence-electron chi connectivity index (χ4n) is 4.25. The molecule has 1 unspecified atom stereocenters. The van der Waals surface area contributed by atoms with E-state index in [1.807, 2.05) is 0 Å². The monoisotopic (exact) mass is 485 g/mol. The van der Waals surface area contributed by atoms with Crippen molar-refractivity contribution in [3.8, 4) is 28.4 Å². The molecule has 9 heteroatoms. The van der Waals surface area contributed by atoms with E-state index in [0.29, 0.717) is 45.3 Å². The fraction of sp³-hybridized carbons (Fsp3) is 0.280. The van der Waals surface area contributed by atoms with Gasteiger partial charge >= 0.3 is 0 Å². The van der Waals surface area contributed by atoms with E-state index in [4.69, 9.17) is 20.2 Å². The van der Waals surface area contributed by atoms with Crippen LogP contribution in [0.4, 0.5) is 13.2 Å². The second-order valence-electron chi connectivity index (χ2n) is 8.85. The van der Waals surface area contributed by atoms with E-state index in [1.165, 1.54) is 37.9 Å². The first-order chi connectivity index (χ1) is 16.2. The van der Waals surface area contributed by atoms with Crippen LogP contribution in [0.15, 0.2) is 53.7 Å². The Morgan fingerprint density at radius 2 is 2.00 bits per heavy atom. The van der Waals surface area contributed by atoms with Gasteiger partial charge in [-0.25, -0.2) is 18.8 Å². The van der Waals surface area contributed by atoms with Crippen LogP contribution in [0.25, 0.3) is 11.1 Å². The minimum absolute atomic E-state index is 0.0168. The lowest BCUT2D eigenvalue weighted by Crippen LogP contribution is -2.36. The Balaban J connectivity index is 1.70. The van der Waals surface area contributed by atoms with Crippen molar-refractivity contribution in [2.75, 3.05) is 12.4 Å². The lowest BCUT2D eigenvalue weighted by Gasteiger charge is -2.39. The van der Waals surface area contributed by atoms with Gasteiger partial charge in [0.1, 0.15) is 29.3 Å². The number of halogens is 3. The summed E-state index contributed by atoms with van der Waals surface area (Å²) >= 11 is 1.40. The second kappa shape index (κ2) is 8.23. The molecule has 1 atom stereocenters. The second-order valence-corrected chi connectivity index (χ2v) is 9.97. The zero-order valence-electron chi connectivity index (χ0n) is 18.6. The van der Waals surface area contributed by atoms with Crippen LogP contribution in [0.2, 0.25) is 0 Å². The average molecular weight is 486 g/mol. The number of thioether (sulfide) groups is 1. The number of amidine groups is 1. The molecular formula is C25H22F3N3O2S. The number of nitrogens with two attached hydrogens (primary N) is 1. The molecule has 2 aliphatic heterocycles. The number of benzene rings is 2. The molecule has 0 bridgehead atoms. The number of nitrogens with zero attached hydrogens (tertiary/aromatic N) is 2. The first-order valence-corrected chi connectivity index (χ1v) is 11.7. The van der Waals surface area contributed by atoms with Gasteiger partial charge in [-0.05, 0) is 56.2 Å². The summed E-state index contributed by atoms with van der Waals surface area (Å²) in [6, 6.07) is 11.2. The van der Waals surface area contributed by atoms with Crippen molar-refractivity contribution in [1.82, 2.24) is 4.98 Å². The molecule has 0 amide bonds. The van der Waals surface area contributed by atoms with E-state index in [0.717, 1.165) is 0 Å². The van der Waals surface area contributed by atoms with Crippen LogP contribution in [0.1, 0.15) is 31.4 Å². The number of rotatable bonds is 4. The molecule has 3 aromatic rings. The summed E-state index contributed by atoms with van der Waals surface area (Å²) in [5.41, 5.74) is 5.44. The number of hydrogen-bond acceptors (Lipinski definition) is 6. The minimum atomic E-state index is -1.60. The van der Waals surface area contributed by atoms with Crippen molar-refractivity contribution >= 4 is 16.9 Å². The lowest BCUT2D eigenvalue weighted by atomic mass is 9.77. The van der Waals surface area contributed by atoms with Gasteiger partial charge in [0, 0.05) is 34.7 Å².